The van der Waals surface area contributed by atoms with Crippen molar-refractivity contribution in [3.05, 3.63) is 59.7 Å². The van der Waals surface area contributed by atoms with E-state index < -0.39 is 0 Å². The van der Waals surface area contributed by atoms with Crippen molar-refractivity contribution in [2.45, 2.75) is 13.3 Å². The highest BCUT2D eigenvalue weighted by Crippen LogP contribution is 2.16. The zero-order valence-corrected chi connectivity index (χ0v) is 15.4. The predicted molar refractivity (Wildman–Crippen MR) is 104 cm³/mol. The van der Waals surface area contributed by atoms with E-state index in [0.29, 0.717) is 35.7 Å². The van der Waals surface area contributed by atoms with E-state index in [1.807, 2.05) is 0 Å². The molecule has 0 spiro atoms. The van der Waals surface area contributed by atoms with Crippen LogP contribution in [-0.2, 0) is 9.53 Å². The van der Waals surface area contributed by atoms with Gasteiger partial charge in [0, 0.05) is 49.7 Å². The van der Waals surface area contributed by atoms with Gasteiger partial charge in [-0.2, -0.15) is 0 Å². The summed E-state index contributed by atoms with van der Waals surface area (Å²) in [6.07, 6.45) is 0.736. The maximum absolute atomic E-state index is 12.4. The van der Waals surface area contributed by atoms with Gasteiger partial charge in [-0.15, -0.1) is 0 Å². The predicted octanol–water partition coefficient (Wildman–Crippen LogP) is 2.66. The van der Waals surface area contributed by atoms with Crippen LogP contribution in [0.4, 0.5) is 11.4 Å². The zero-order chi connectivity index (χ0) is 19.6. The molecule has 0 aliphatic heterocycles. The Morgan fingerprint density at radius 2 is 1.48 bits per heavy atom. The van der Waals surface area contributed by atoms with Crippen molar-refractivity contribution in [2.75, 3.05) is 30.9 Å². The van der Waals surface area contributed by atoms with Gasteiger partial charge in [-0.25, -0.2) is 0 Å². The highest BCUT2D eigenvalue weighted by atomic mass is 16.5. The Balaban J connectivity index is 1.95. The average molecular weight is 369 g/mol. The van der Waals surface area contributed by atoms with E-state index in [1.165, 1.54) is 6.92 Å². The molecule has 7 heteroatoms. The molecule has 0 aliphatic carbocycles. The van der Waals surface area contributed by atoms with Crippen LogP contribution >= 0.6 is 0 Å². The topological polar surface area (TPSA) is 96.5 Å². The summed E-state index contributed by atoms with van der Waals surface area (Å²) < 4.78 is 4.93. The third-order valence-electron chi connectivity index (χ3n) is 3.66. The summed E-state index contributed by atoms with van der Waals surface area (Å²) in [4.78, 5) is 35.5. The lowest BCUT2D eigenvalue weighted by Gasteiger charge is -2.09. The van der Waals surface area contributed by atoms with E-state index in [4.69, 9.17) is 4.74 Å². The number of methoxy groups -OCH3 is 1. The van der Waals surface area contributed by atoms with Gasteiger partial charge < -0.3 is 20.7 Å². The third kappa shape index (κ3) is 6.56. The summed E-state index contributed by atoms with van der Waals surface area (Å²) >= 11 is 0. The molecule has 27 heavy (non-hydrogen) atoms. The number of benzene rings is 2. The van der Waals surface area contributed by atoms with E-state index in [-0.39, 0.29) is 17.7 Å². The van der Waals surface area contributed by atoms with Crippen LogP contribution in [0.25, 0.3) is 0 Å². The van der Waals surface area contributed by atoms with Crippen molar-refractivity contribution < 1.29 is 19.1 Å². The van der Waals surface area contributed by atoms with Gasteiger partial charge in [0.25, 0.3) is 11.8 Å². The van der Waals surface area contributed by atoms with Gasteiger partial charge in [0.2, 0.25) is 5.91 Å². The van der Waals surface area contributed by atoms with Gasteiger partial charge in [0.1, 0.15) is 0 Å². The molecular weight excluding hydrogens is 346 g/mol. The van der Waals surface area contributed by atoms with Crippen LogP contribution in [0.1, 0.15) is 34.1 Å². The van der Waals surface area contributed by atoms with Crippen LogP contribution in [0.3, 0.4) is 0 Å². The maximum Gasteiger partial charge on any atom is 0.255 e. The molecule has 142 valence electrons. The van der Waals surface area contributed by atoms with Crippen molar-refractivity contribution in [2.24, 2.45) is 0 Å². The highest BCUT2D eigenvalue weighted by Gasteiger charge is 2.09. The number of anilines is 2. The van der Waals surface area contributed by atoms with Crippen molar-refractivity contribution >= 4 is 29.1 Å². The smallest absolute Gasteiger partial charge is 0.255 e. The Hall–Kier alpha value is -3.19. The lowest BCUT2D eigenvalue weighted by atomic mass is 10.1. The number of rotatable bonds is 8. The zero-order valence-electron chi connectivity index (χ0n) is 15.4. The number of carbonyl (C=O) groups excluding carboxylic acids is 3. The number of nitrogens with one attached hydrogen (secondary N) is 3. The average Bonchev–Trinajstić information content (AvgIpc) is 2.65. The summed E-state index contributed by atoms with van der Waals surface area (Å²) in [6, 6.07) is 13.3. The SMILES string of the molecule is COCCCNC(=O)c1ccc(C(=O)Nc2cccc(NC(C)=O)c2)cc1. The highest BCUT2D eigenvalue weighted by molar-refractivity contribution is 6.05. The van der Waals surface area contributed by atoms with Crippen molar-refractivity contribution in [3.8, 4) is 0 Å². The number of carbonyl (C=O) groups is 3. The second-order valence-electron chi connectivity index (χ2n) is 5.90. The second-order valence-corrected chi connectivity index (χ2v) is 5.90. The van der Waals surface area contributed by atoms with Gasteiger partial charge in [0.05, 0.1) is 0 Å². The fourth-order valence-corrected chi connectivity index (χ4v) is 2.37. The molecule has 0 saturated heterocycles. The van der Waals surface area contributed by atoms with Crippen LogP contribution < -0.4 is 16.0 Å². The fourth-order valence-electron chi connectivity index (χ4n) is 2.37. The minimum atomic E-state index is -0.304. The Morgan fingerprint density at radius 1 is 0.889 bits per heavy atom. The first-order valence-electron chi connectivity index (χ1n) is 8.56. The Labute approximate surface area is 158 Å². The molecule has 0 fully saturated rings. The number of amides is 3. The second kappa shape index (κ2) is 10.1. The quantitative estimate of drug-likeness (QED) is 0.623. The summed E-state index contributed by atoms with van der Waals surface area (Å²) in [5.41, 5.74) is 2.07. The van der Waals surface area contributed by atoms with Crippen LogP contribution in [0, 0.1) is 0 Å². The maximum atomic E-state index is 12.4. The van der Waals surface area contributed by atoms with E-state index >= 15 is 0 Å². The van der Waals surface area contributed by atoms with Gasteiger partial charge in [-0.05, 0) is 48.9 Å². The van der Waals surface area contributed by atoms with E-state index in [9.17, 15) is 14.4 Å². The normalized spacial score (nSPS) is 10.1. The Morgan fingerprint density at radius 3 is 2.07 bits per heavy atom. The van der Waals surface area contributed by atoms with Gasteiger partial charge in [0.15, 0.2) is 0 Å². The monoisotopic (exact) mass is 369 g/mol. The molecule has 0 unspecified atom stereocenters. The van der Waals surface area contributed by atoms with Crippen LogP contribution in [-0.4, -0.2) is 38.0 Å². The third-order valence-corrected chi connectivity index (χ3v) is 3.66. The molecule has 7 nitrogen and oxygen atoms in total. The van der Waals surface area contributed by atoms with E-state index in [2.05, 4.69) is 16.0 Å². The van der Waals surface area contributed by atoms with Crippen molar-refractivity contribution in [1.82, 2.24) is 5.32 Å². The summed E-state index contributed by atoms with van der Waals surface area (Å²) in [5.74, 6) is -0.683. The van der Waals surface area contributed by atoms with E-state index in [1.54, 1.807) is 55.6 Å². The van der Waals surface area contributed by atoms with Gasteiger partial charge >= 0.3 is 0 Å². The molecule has 0 atom stereocenters. The van der Waals surface area contributed by atoms with Crippen LogP contribution in [0.15, 0.2) is 48.5 Å². The molecule has 3 amide bonds. The van der Waals surface area contributed by atoms with Gasteiger partial charge in [-0.3, -0.25) is 14.4 Å². The summed E-state index contributed by atoms with van der Waals surface area (Å²) in [7, 11) is 1.61. The molecule has 2 rings (SSSR count). The van der Waals surface area contributed by atoms with Gasteiger partial charge in [-0.1, -0.05) is 6.07 Å². The molecule has 0 bridgehead atoms. The molecule has 0 aliphatic rings. The molecule has 3 N–H and O–H groups in total. The van der Waals surface area contributed by atoms with E-state index in [0.717, 1.165) is 6.42 Å². The standard InChI is InChI=1S/C20H23N3O4/c1-14(24)22-17-5-3-6-18(13-17)23-20(26)16-9-7-15(8-10-16)19(25)21-11-4-12-27-2/h3,5-10,13H,4,11-12H2,1-2H3,(H,21,25)(H,22,24)(H,23,26). The van der Waals surface area contributed by atoms with Crippen LogP contribution in [0.2, 0.25) is 0 Å². The lowest BCUT2D eigenvalue weighted by Crippen LogP contribution is -2.25. The molecular formula is C20H23N3O4. The minimum absolute atomic E-state index is 0.186. The molecule has 2 aromatic rings. The minimum Gasteiger partial charge on any atom is -0.385 e. The molecule has 0 saturated carbocycles. The van der Waals surface area contributed by atoms with Crippen molar-refractivity contribution in [1.29, 1.82) is 0 Å². The Kier molecular flexibility index (Phi) is 7.51. The molecule has 2 aromatic carbocycles. The Bertz CT molecular complexity index is 803. The lowest BCUT2D eigenvalue weighted by molar-refractivity contribution is -0.114. The number of hydrogen-bond donors (Lipinski definition) is 3. The molecule has 0 aromatic heterocycles. The van der Waals surface area contributed by atoms with Crippen LogP contribution in [0.5, 0.6) is 0 Å². The van der Waals surface area contributed by atoms with Crippen molar-refractivity contribution in [3.63, 3.8) is 0 Å². The first kappa shape index (κ1) is 20.1. The summed E-state index contributed by atoms with van der Waals surface area (Å²) in [5, 5.41) is 8.21. The first-order valence-corrected chi connectivity index (χ1v) is 8.56. The number of ether oxygens (including phenoxy) is 1. The largest absolute Gasteiger partial charge is 0.385 e. The molecule has 0 heterocycles. The number of hydrogen-bond acceptors (Lipinski definition) is 4. The summed E-state index contributed by atoms with van der Waals surface area (Å²) in [6.45, 7) is 2.53. The first-order chi connectivity index (χ1) is 13.0. The molecule has 0 radical (unpaired) electrons. The fraction of sp³-hybridized carbons (Fsp3) is 0.250.